The summed E-state index contributed by atoms with van der Waals surface area (Å²) in [6.45, 7) is 3.80. The van der Waals surface area contributed by atoms with Gasteiger partial charge in [0.15, 0.2) is 5.75 Å². The Morgan fingerprint density at radius 3 is 3.07 bits per heavy atom. The van der Waals surface area contributed by atoms with Crippen molar-refractivity contribution in [1.29, 1.82) is 0 Å². The number of unbranched alkanes of at least 4 members (excludes halogenated alkanes) is 1. The van der Waals surface area contributed by atoms with Gasteiger partial charge < -0.3 is 4.74 Å². The number of halogens is 1. The van der Waals surface area contributed by atoms with Gasteiger partial charge in [-0.15, -0.1) is 11.6 Å². The molecule has 1 heterocycles. The van der Waals surface area contributed by atoms with E-state index < -0.39 is 0 Å². The zero-order valence-corrected chi connectivity index (χ0v) is 9.33. The van der Waals surface area contributed by atoms with Gasteiger partial charge >= 0.3 is 0 Å². The highest BCUT2D eigenvalue weighted by atomic mass is 35.5. The van der Waals surface area contributed by atoms with Gasteiger partial charge in [-0.3, -0.25) is 4.68 Å². The van der Waals surface area contributed by atoms with Crippen molar-refractivity contribution in [1.82, 2.24) is 9.78 Å². The van der Waals surface area contributed by atoms with Crippen LogP contribution in [0.5, 0.6) is 5.75 Å². The summed E-state index contributed by atoms with van der Waals surface area (Å²) in [5.41, 5.74) is 0. The number of aryl methyl sites for hydroxylation is 1. The molecule has 0 bridgehead atoms. The van der Waals surface area contributed by atoms with E-state index in [0.29, 0.717) is 5.88 Å². The van der Waals surface area contributed by atoms with E-state index in [1.807, 2.05) is 10.9 Å². The molecule has 3 nitrogen and oxygen atoms in total. The summed E-state index contributed by atoms with van der Waals surface area (Å²) in [5, 5.41) is 4.17. The molecule has 0 radical (unpaired) electrons. The molecule has 0 unspecified atom stereocenters. The van der Waals surface area contributed by atoms with E-state index in [0.717, 1.165) is 38.2 Å². The number of ether oxygens (including phenoxy) is 1. The van der Waals surface area contributed by atoms with Crippen LogP contribution in [-0.2, 0) is 6.54 Å². The van der Waals surface area contributed by atoms with Crippen molar-refractivity contribution in [2.45, 2.75) is 32.7 Å². The standard InChI is InChI=1S/C10H17ClN2O/c1-2-6-13-9-10(8-12-13)14-7-4-3-5-11/h8-9H,2-7H2,1H3. The zero-order chi connectivity index (χ0) is 10.2. The molecule has 0 aromatic carbocycles. The number of hydrogen-bond acceptors (Lipinski definition) is 2. The van der Waals surface area contributed by atoms with Crippen molar-refractivity contribution in [3.05, 3.63) is 12.4 Å². The normalized spacial score (nSPS) is 10.4. The maximum absolute atomic E-state index is 5.56. The van der Waals surface area contributed by atoms with Crippen LogP contribution >= 0.6 is 11.6 Å². The van der Waals surface area contributed by atoms with Crippen LogP contribution in [0.3, 0.4) is 0 Å². The third kappa shape index (κ3) is 4.01. The molecular formula is C10H17ClN2O. The maximum atomic E-state index is 5.56. The van der Waals surface area contributed by atoms with Gasteiger partial charge in [0, 0.05) is 12.4 Å². The second-order valence-electron chi connectivity index (χ2n) is 3.18. The molecule has 0 fully saturated rings. The number of aromatic nitrogens is 2. The van der Waals surface area contributed by atoms with E-state index in [-0.39, 0.29) is 0 Å². The fraction of sp³-hybridized carbons (Fsp3) is 0.700. The van der Waals surface area contributed by atoms with E-state index >= 15 is 0 Å². The lowest BCUT2D eigenvalue weighted by molar-refractivity contribution is 0.309. The summed E-state index contributed by atoms with van der Waals surface area (Å²) >= 11 is 5.56. The zero-order valence-electron chi connectivity index (χ0n) is 8.58. The Balaban J connectivity index is 2.22. The van der Waals surface area contributed by atoms with E-state index in [1.165, 1.54) is 0 Å². The third-order valence-corrected chi connectivity index (χ3v) is 2.13. The summed E-state index contributed by atoms with van der Waals surface area (Å²) in [6, 6.07) is 0. The molecule has 1 aromatic heterocycles. The molecule has 0 atom stereocenters. The van der Waals surface area contributed by atoms with Crippen LogP contribution < -0.4 is 4.74 Å². The lowest BCUT2D eigenvalue weighted by Crippen LogP contribution is -1.97. The van der Waals surface area contributed by atoms with Crippen LogP contribution in [0.4, 0.5) is 0 Å². The molecule has 0 aliphatic carbocycles. The van der Waals surface area contributed by atoms with Gasteiger partial charge in [0.2, 0.25) is 0 Å². The van der Waals surface area contributed by atoms with Crippen molar-refractivity contribution in [3.63, 3.8) is 0 Å². The van der Waals surface area contributed by atoms with Crippen LogP contribution in [-0.4, -0.2) is 22.3 Å². The number of alkyl halides is 1. The highest BCUT2D eigenvalue weighted by molar-refractivity contribution is 6.17. The lowest BCUT2D eigenvalue weighted by Gasteiger charge is -2.01. The Morgan fingerprint density at radius 1 is 1.50 bits per heavy atom. The van der Waals surface area contributed by atoms with Crippen LogP contribution in [0.15, 0.2) is 12.4 Å². The molecule has 0 saturated heterocycles. The highest BCUT2D eigenvalue weighted by Gasteiger charge is 1.97. The summed E-state index contributed by atoms with van der Waals surface area (Å²) < 4.78 is 7.39. The Hall–Kier alpha value is -0.700. The van der Waals surface area contributed by atoms with Gasteiger partial charge in [-0.05, 0) is 19.3 Å². The van der Waals surface area contributed by atoms with Crippen molar-refractivity contribution in [2.24, 2.45) is 0 Å². The fourth-order valence-electron chi connectivity index (χ4n) is 1.16. The molecule has 80 valence electrons. The van der Waals surface area contributed by atoms with E-state index in [2.05, 4.69) is 12.0 Å². The van der Waals surface area contributed by atoms with Crippen molar-refractivity contribution < 1.29 is 4.74 Å². The Bertz CT molecular complexity index is 250. The molecule has 0 amide bonds. The predicted molar refractivity (Wildman–Crippen MR) is 58.0 cm³/mol. The van der Waals surface area contributed by atoms with Crippen LogP contribution in [0.2, 0.25) is 0 Å². The molecule has 0 saturated carbocycles. The average molecular weight is 217 g/mol. The topological polar surface area (TPSA) is 27.1 Å². The third-order valence-electron chi connectivity index (χ3n) is 1.86. The number of rotatable bonds is 7. The fourth-order valence-corrected chi connectivity index (χ4v) is 1.35. The van der Waals surface area contributed by atoms with Gasteiger partial charge in [0.1, 0.15) is 0 Å². The summed E-state index contributed by atoms with van der Waals surface area (Å²) in [4.78, 5) is 0. The van der Waals surface area contributed by atoms with Crippen molar-refractivity contribution in [3.8, 4) is 5.75 Å². The largest absolute Gasteiger partial charge is 0.490 e. The minimum atomic E-state index is 0.707. The minimum absolute atomic E-state index is 0.707. The van der Waals surface area contributed by atoms with E-state index in [4.69, 9.17) is 16.3 Å². The van der Waals surface area contributed by atoms with Crippen LogP contribution in [0, 0.1) is 0 Å². The van der Waals surface area contributed by atoms with Crippen molar-refractivity contribution in [2.75, 3.05) is 12.5 Å². The molecule has 4 heteroatoms. The summed E-state index contributed by atoms with van der Waals surface area (Å²) in [6.07, 6.45) is 6.79. The first-order valence-electron chi connectivity index (χ1n) is 5.08. The molecular weight excluding hydrogens is 200 g/mol. The van der Waals surface area contributed by atoms with Gasteiger partial charge in [-0.25, -0.2) is 0 Å². The Morgan fingerprint density at radius 2 is 2.36 bits per heavy atom. The van der Waals surface area contributed by atoms with Crippen LogP contribution in [0.25, 0.3) is 0 Å². The molecule has 1 rings (SSSR count). The summed E-state index contributed by atoms with van der Waals surface area (Å²) in [7, 11) is 0. The molecule has 0 N–H and O–H groups in total. The first kappa shape index (κ1) is 11.4. The first-order valence-corrected chi connectivity index (χ1v) is 5.61. The summed E-state index contributed by atoms with van der Waals surface area (Å²) in [5.74, 6) is 1.56. The molecule has 0 aliphatic heterocycles. The van der Waals surface area contributed by atoms with Gasteiger partial charge in [-0.1, -0.05) is 6.92 Å². The van der Waals surface area contributed by atoms with E-state index in [1.54, 1.807) is 6.20 Å². The number of nitrogens with zero attached hydrogens (tertiary/aromatic N) is 2. The van der Waals surface area contributed by atoms with Gasteiger partial charge in [0.05, 0.1) is 19.0 Å². The average Bonchev–Trinajstić information content (AvgIpc) is 2.61. The molecule has 0 aliphatic rings. The Kier molecular flexibility index (Phi) is 5.45. The first-order chi connectivity index (χ1) is 6.86. The monoisotopic (exact) mass is 216 g/mol. The van der Waals surface area contributed by atoms with Crippen LogP contribution in [0.1, 0.15) is 26.2 Å². The smallest absolute Gasteiger partial charge is 0.157 e. The SMILES string of the molecule is CCCn1cc(OCCCCCl)cn1. The van der Waals surface area contributed by atoms with Gasteiger partial charge in [0.25, 0.3) is 0 Å². The molecule has 14 heavy (non-hydrogen) atoms. The quantitative estimate of drug-likeness (QED) is 0.518. The minimum Gasteiger partial charge on any atom is -0.490 e. The lowest BCUT2D eigenvalue weighted by atomic mass is 10.4. The van der Waals surface area contributed by atoms with Gasteiger partial charge in [-0.2, -0.15) is 5.10 Å². The van der Waals surface area contributed by atoms with Crippen molar-refractivity contribution >= 4 is 11.6 Å². The van der Waals surface area contributed by atoms with E-state index in [9.17, 15) is 0 Å². The maximum Gasteiger partial charge on any atom is 0.157 e. The molecule has 0 spiro atoms. The molecule has 1 aromatic rings. The predicted octanol–water partition coefficient (Wildman–Crippen LogP) is 2.69. The second-order valence-corrected chi connectivity index (χ2v) is 3.56. The second kappa shape index (κ2) is 6.71. The highest BCUT2D eigenvalue weighted by Crippen LogP contribution is 2.09. The number of hydrogen-bond donors (Lipinski definition) is 0. The Labute approximate surface area is 90.0 Å².